The summed E-state index contributed by atoms with van der Waals surface area (Å²) in [6.07, 6.45) is -0.519. The highest BCUT2D eigenvalue weighted by Gasteiger charge is 2.42. The molecule has 2 aromatic carbocycles. The van der Waals surface area contributed by atoms with Gasteiger partial charge in [-0.2, -0.15) is 0 Å². The van der Waals surface area contributed by atoms with Gasteiger partial charge >= 0.3 is 5.97 Å². The zero-order chi connectivity index (χ0) is 29.4. The molecule has 1 aliphatic heterocycles. The van der Waals surface area contributed by atoms with Gasteiger partial charge in [-0.15, -0.1) is 5.06 Å². The predicted molar refractivity (Wildman–Crippen MR) is 136 cm³/mol. The molecule has 0 saturated heterocycles. The van der Waals surface area contributed by atoms with E-state index in [0.717, 1.165) is 31.2 Å². The number of amides is 4. The summed E-state index contributed by atoms with van der Waals surface area (Å²) in [6, 6.07) is 8.51. The number of carbonyl (C=O) groups is 6. The first kappa shape index (κ1) is 30.5. The molecular weight excluding hydrogens is 512 g/mol. The van der Waals surface area contributed by atoms with E-state index >= 15 is 0 Å². The number of carboxylic acid groups (broad SMARTS) is 1. The van der Waals surface area contributed by atoms with Crippen molar-refractivity contribution in [2.45, 2.75) is 47.1 Å². The average Bonchev–Trinajstić information content (AvgIpc) is 3.09. The molecule has 3 rings (SSSR count). The fourth-order valence-corrected chi connectivity index (χ4v) is 3.85. The molecule has 1 heterocycles. The number of ether oxygens (including phenoxy) is 2. The van der Waals surface area contributed by atoms with E-state index in [1.54, 1.807) is 50.2 Å². The van der Waals surface area contributed by atoms with Crippen molar-refractivity contribution in [2.24, 2.45) is 0 Å². The molecule has 2 aromatic rings. The van der Waals surface area contributed by atoms with E-state index in [0.29, 0.717) is 28.7 Å². The molecular formula is C27H30N2O10. The van der Waals surface area contributed by atoms with Crippen LogP contribution in [0.1, 0.15) is 72.0 Å². The number of aliphatic carboxylic acids is 1. The van der Waals surface area contributed by atoms with Crippen LogP contribution in [0.3, 0.4) is 0 Å². The fourth-order valence-electron chi connectivity index (χ4n) is 3.85. The highest BCUT2D eigenvalue weighted by Crippen LogP contribution is 2.38. The second-order valence-corrected chi connectivity index (χ2v) is 8.40. The Morgan fingerprint density at radius 1 is 0.949 bits per heavy atom. The highest BCUT2D eigenvalue weighted by molar-refractivity contribution is 6.21. The summed E-state index contributed by atoms with van der Waals surface area (Å²) in [4.78, 5) is 77.8. The number of hydroxylamine groups is 2. The van der Waals surface area contributed by atoms with E-state index < -0.39 is 48.0 Å². The maximum atomic E-state index is 13.3. The molecule has 12 heteroatoms. The fraction of sp³-hybridized carbons (Fsp3) is 0.333. The van der Waals surface area contributed by atoms with Crippen LogP contribution < -0.4 is 9.47 Å². The maximum absolute atomic E-state index is 13.3. The molecule has 1 N–H and O–H groups in total. The summed E-state index contributed by atoms with van der Waals surface area (Å²) >= 11 is 0. The van der Waals surface area contributed by atoms with Crippen LogP contribution in [0.25, 0.3) is 0 Å². The molecule has 1 atom stereocenters. The lowest BCUT2D eigenvalue weighted by atomic mass is 10.0. The van der Waals surface area contributed by atoms with E-state index in [4.69, 9.17) is 24.2 Å². The largest absolute Gasteiger partial charge is 0.493 e. The van der Waals surface area contributed by atoms with Crippen molar-refractivity contribution >= 4 is 35.6 Å². The van der Waals surface area contributed by atoms with Gasteiger partial charge in [0, 0.05) is 20.8 Å². The Morgan fingerprint density at radius 3 is 2.10 bits per heavy atom. The molecule has 0 radical (unpaired) electrons. The number of benzene rings is 2. The Morgan fingerprint density at radius 2 is 1.56 bits per heavy atom. The lowest BCUT2D eigenvalue weighted by Crippen LogP contribution is -2.41. The Balaban J connectivity index is 0.00000124. The molecule has 4 amide bonds. The van der Waals surface area contributed by atoms with Gasteiger partial charge in [0.25, 0.3) is 29.6 Å². The number of methoxy groups -OCH3 is 1. The van der Waals surface area contributed by atoms with Gasteiger partial charge in [-0.3, -0.25) is 28.9 Å². The lowest BCUT2D eigenvalue weighted by molar-refractivity contribution is -0.200. The maximum Gasteiger partial charge on any atom is 0.330 e. The average molecular weight is 543 g/mol. The van der Waals surface area contributed by atoms with Crippen LogP contribution in [0.5, 0.6) is 11.5 Å². The van der Waals surface area contributed by atoms with Crippen molar-refractivity contribution in [1.82, 2.24) is 9.96 Å². The van der Waals surface area contributed by atoms with Crippen LogP contribution in [-0.2, 0) is 24.0 Å². The van der Waals surface area contributed by atoms with E-state index in [9.17, 15) is 24.0 Å². The first-order chi connectivity index (χ1) is 18.3. The minimum absolute atomic E-state index is 0.208. The van der Waals surface area contributed by atoms with E-state index in [1.165, 1.54) is 7.11 Å². The van der Waals surface area contributed by atoms with Gasteiger partial charge in [0.1, 0.15) is 0 Å². The lowest BCUT2D eigenvalue weighted by Gasteiger charge is -2.28. The monoisotopic (exact) mass is 542 g/mol. The molecule has 39 heavy (non-hydrogen) atoms. The van der Waals surface area contributed by atoms with Crippen LogP contribution >= 0.6 is 0 Å². The molecule has 12 nitrogen and oxygen atoms in total. The summed E-state index contributed by atoms with van der Waals surface area (Å²) in [5, 5.41) is 7.74. The summed E-state index contributed by atoms with van der Waals surface area (Å²) in [5.41, 5.74) is 1.61. The minimum Gasteiger partial charge on any atom is -0.493 e. The molecule has 208 valence electrons. The first-order valence-electron chi connectivity index (χ1n) is 11.8. The second kappa shape index (κ2) is 13.2. The third-order valence-corrected chi connectivity index (χ3v) is 5.36. The summed E-state index contributed by atoms with van der Waals surface area (Å²) in [5.74, 6) is -3.83. The zero-order valence-corrected chi connectivity index (χ0v) is 22.5. The molecule has 0 fully saturated rings. The van der Waals surface area contributed by atoms with Gasteiger partial charge in [-0.1, -0.05) is 17.7 Å². The summed E-state index contributed by atoms with van der Waals surface area (Å²) < 4.78 is 10.9. The smallest absolute Gasteiger partial charge is 0.330 e. The number of aryl methyl sites for hydroxylation is 1. The Labute approximate surface area is 225 Å². The van der Waals surface area contributed by atoms with Gasteiger partial charge in [0.2, 0.25) is 0 Å². The molecule has 0 aromatic heterocycles. The predicted octanol–water partition coefficient (Wildman–Crippen LogP) is 3.07. The quantitative estimate of drug-likeness (QED) is 0.407. The molecule has 1 aliphatic rings. The van der Waals surface area contributed by atoms with Gasteiger partial charge in [-0.25, -0.2) is 4.79 Å². The number of rotatable bonds is 7. The first-order valence-corrected chi connectivity index (χ1v) is 11.8. The third kappa shape index (κ3) is 7.40. The standard InChI is InChI=1S/C25H26N2O8.C2H4O2/c1-6-34-22-12-17(8-10-21(22)33-5)20(13-23(30)27(15(3)28)35-16(4)29)26-24(31)18-9-7-14(2)11-19(18)25(26)32;1-2(3)4/h7-12,20H,6,13H2,1-5H3;1H3,(H,3,4). The minimum atomic E-state index is -1.13. The molecule has 0 spiro atoms. The number of carboxylic acids is 1. The van der Waals surface area contributed by atoms with Crippen molar-refractivity contribution in [3.05, 3.63) is 58.7 Å². The van der Waals surface area contributed by atoms with Crippen molar-refractivity contribution in [2.75, 3.05) is 13.7 Å². The molecule has 0 bridgehead atoms. The van der Waals surface area contributed by atoms with Crippen molar-refractivity contribution in [1.29, 1.82) is 0 Å². The SMILES string of the molecule is CC(=O)O.CCOc1cc(C(CC(=O)N(OC(C)=O)C(C)=O)N2C(=O)c3ccc(C)cc3C2=O)ccc1OC. The van der Waals surface area contributed by atoms with Crippen molar-refractivity contribution in [3.63, 3.8) is 0 Å². The molecule has 0 aliphatic carbocycles. The van der Waals surface area contributed by atoms with Gasteiger partial charge in [0.05, 0.1) is 37.3 Å². The second-order valence-electron chi connectivity index (χ2n) is 8.40. The highest BCUT2D eigenvalue weighted by atomic mass is 16.7. The molecule has 1 unspecified atom stereocenters. The number of hydrogen-bond acceptors (Lipinski definition) is 9. The van der Waals surface area contributed by atoms with Crippen LogP contribution in [0.4, 0.5) is 0 Å². The normalized spacial score (nSPS) is 12.5. The van der Waals surface area contributed by atoms with Gasteiger partial charge in [-0.05, 0) is 43.7 Å². The van der Waals surface area contributed by atoms with Gasteiger partial charge < -0.3 is 19.4 Å². The van der Waals surface area contributed by atoms with E-state index in [-0.39, 0.29) is 11.1 Å². The van der Waals surface area contributed by atoms with Crippen molar-refractivity contribution < 1.29 is 48.2 Å². The summed E-state index contributed by atoms with van der Waals surface area (Å²) in [7, 11) is 1.47. The number of hydrogen-bond donors (Lipinski definition) is 1. The van der Waals surface area contributed by atoms with Crippen LogP contribution in [0.15, 0.2) is 36.4 Å². The zero-order valence-electron chi connectivity index (χ0n) is 22.5. The Kier molecular flexibility index (Phi) is 10.3. The molecule has 0 saturated carbocycles. The van der Waals surface area contributed by atoms with Gasteiger partial charge in [0.15, 0.2) is 11.5 Å². The van der Waals surface area contributed by atoms with E-state index in [1.807, 2.05) is 0 Å². The summed E-state index contributed by atoms with van der Waals surface area (Å²) in [6.45, 7) is 7.08. The van der Waals surface area contributed by atoms with Crippen LogP contribution in [0.2, 0.25) is 0 Å². The number of carbonyl (C=O) groups excluding carboxylic acids is 5. The van der Waals surface area contributed by atoms with Crippen LogP contribution in [0, 0.1) is 6.92 Å². The third-order valence-electron chi connectivity index (χ3n) is 5.36. The van der Waals surface area contributed by atoms with E-state index in [2.05, 4.69) is 0 Å². The number of fused-ring (bicyclic) bond motifs is 1. The van der Waals surface area contributed by atoms with Crippen LogP contribution in [-0.4, -0.2) is 64.4 Å². The Hall–Kier alpha value is -4.74. The number of imide groups is 2. The topological polar surface area (TPSA) is 157 Å². The Bertz CT molecular complexity index is 1300. The number of nitrogens with zero attached hydrogens (tertiary/aromatic N) is 2. The van der Waals surface area contributed by atoms with Crippen molar-refractivity contribution in [3.8, 4) is 11.5 Å².